The lowest BCUT2D eigenvalue weighted by Crippen LogP contribution is -2.36. The average Bonchev–Trinajstić information content (AvgIpc) is 3.09. The number of carbonyl (C=O) groups excluding carboxylic acids is 1. The summed E-state index contributed by atoms with van der Waals surface area (Å²) in [5, 5.41) is 4.07. The number of nitrogens with two attached hydrogens (primary N) is 1. The van der Waals surface area contributed by atoms with Crippen molar-refractivity contribution in [3.8, 4) is 0 Å². The van der Waals surface area contributed by atoms with E-state index < -0.39 is 0 Å². The molecule has 0 aliphatic rings. The Morgan fingerprint density at radius 3 is 2.11 bits per heavy atom. The van der Waals surface area contributed by atoms with Gasteiger partial charge in [0.2, 0.25) is 5.91 Å². The maximum absolute atomic E-state index is 12.4. The molecule has 2 N–H and O–H groups in total. The molecule has 2 rings (SSSR count). The quantitative estimate of drug-likeness (QED) is 0.890. The van der Waals surface area contributed by atoms with Crippen molar-refractivity contribution in [2.75, 3.05) is 6.54 Å². The standard InChI is InChI=1S/C14H18N2OS2/c1-11(8-15)14(17)16(9-12-4-2-6-18-12)10-13-5-3-7-19-13/h2-7,11H,8-10,15H2,1H3. The maximum atomic E-state index is 12.4. The van der Waals surface area contributed by atoms with E-state index in [1.54, 1.807) is 22.7 Å². The van der Waals surface area contributed by atoms with Crippen molar-refractivity contribution in [2.45, 2.75) is 20.0 Å². The molecule has 0 aromatic carbocycles. The van der Waals surface area contributed by atoms with Gasteiger partial charge >= 0.3 is 0 Å². The summed E-state index contributed by atoms with van der Waals surface area (Å²) >= 11 is 3.36. The van der Waals surface area contributed by atoms with Crippen LogP contribution in [0.15, 0.2) is 35.0 Å². The Balaban J connectivity index is 2.10. The van der Waals surface area contributed by atoms with Crippen LogP contribution in [0.3, 0.4) is 0 Å². The van der Waals surface area contributed by atoms with Crippen molar-refractivity contribution in [3.63, 3.8) is 0 Å². The van der Waals surface area contributed by atoms with Crippen molar-refractivity contribution in [1.29, 1.82) is 0 Å². The van der Waals surface area contributed by atoms with Gasteiger partial charge in [0.1, 0.15) is 0 Å². The van der Waals surface area contributed by atoms with Gasteiger partial charge in [-0.25, -0.2) is 0 Å². The van der Waals surface area contributed by atoms with Crippen LogP contribution < -0.4 is 5.73 Å². The lowest BCUT2D eigenvalue weighted by molar-refractivity contribution is -0.135. The largest absolute Gasteiger partial charge is 0.332 e. The van der Waals surface area contributed by atoms with Crippen molar-refractivity contribution >= 4 is 28.6 Å². The van der Waals surface area contributed by atoms with Gasteiger partial charge in [-0.2, -0.15) is 0 Å². The zero-order valence-electron chi connectivity index (χ0n) is 10.9. The fraction of sp³-hybridized carbons (Fsp3) is 0.357. The first-order chi connectivity index (χ1) is 9.20. The van der Waals surface area contributed by atoms with Gasteiger partial charge in [0.25, 0.3) is 0 Å². The topological polar surface area (TPSA) is 46.3 Å². The van der Waals surface area contributed by atoms with Gasteiger partial charge in [0.05, 0.1) is 13.1 Å². The molecule has 1 unspecified atom stereocenters. The van der Waals surface area contributed by atoms with Gasteiger partial charge in [-0.15, -0.1) is 22.7 Å². The monoisotopic (exact) mass is 294 g/mol. The van der Waals surface area contributed by atoms with Gasteiger partial charge in [-0.3, -0.25) is 4.79 Å². The molecule has 1 atom stereocenters. The number of amides is 1. The Morgan fingerprint density at radius 1 is 1.21 bits per heavy atom. The zero-order chi connectivity index (χ0) is 13.7. The first-order valence-electron chi connectivity index (χ1n) is 6.24. The normalized spacial score (nSPS) is 12.3. The molecule has 3 nitrogen and oxygen atoms in total. The van der Waals surface area contributed by atoms with E-state index in [1.807, 2.05) is 34.7 Å². The number of carbonyl (C=O) groups is 1. The van der Waals surface area contributed by atoms with Crippen molar-refractivity contribution in [2.24, 2.45) is 11.7 Å². The fourth-order valence-electron chi connectivity index (χ4n) is 1.81. The smallest absolute Gasteiger partial charge is 0.227 e. The molecule has 0 aliphatic heterocycles. The Kier molecular flexibility index (Phi) is 5.13. The third-order valence-corrected chi connectivity index (χ3v) is 4.66. The first kappa shape index (κ1) is 14.2. The first-order valence-corrected chi connectivity index (χ1v) is 8.00. The molecule has 0 aliphatic carbocycles. The van der Waals surface area contributed by atoms with Gasteiger partial charge in [0.15, 0.2) is 0 Å². The molecule has 5 heteroatoms. The van der Waals surface area contributed by atoms with Crippen LogP contribution in [0.2, 0.25) is 0 Å². The summed E-state index contributed by atoms with van der Waals surface area (Å²) in [6.07, 6.45) is 0. The van der Waals surface area contributed by atoms with Crippen LogP contribution in [0.1, 0.15) is 16.7 Å². The van der Waals surface area contributed by atoms with E-state index in [2.05, 4.69) is 12.1 Å². The molecule has 19 heavy (non-hydrogen) atoms. The molecule has 1 amide bonds. The van der Waals surface area contributed by atoms with E-state index in [9.17, 15) is 4.79 Å². The summed E-state index contributed by atoms with van der Waals surface area (Å²) in [6.45, 7) is 3.61. The SMILES string of the molecule is CC(CN)C(=O)N(Cc1cccs1)Cc1cccs1. The second-order valence-electron chi connectivity index (χ2n) is 4.49. The maximum Gasteiger partial charge on any atom is 0.227 e. The second-order valence-corrected chi connectivity index (χ2v) is 6.55. The summed E-state index contributed by atoms with van der Waals surface area (Å²) < 4.78 is 0. The number of thiophene rings is 2. The Hall–Kier alpha value is -1.17. The molecule has 0 radical (unpaired) electrons. The Labute approximate surface area is 121 Å². The number of rotatable bonds is 6. The number of hydrogen-bond donors (Lipinski definition) is 1. The van der Waals surface area contributed by atoms with Crippen LogP contribution >= 0.6 is 22.7 Å². The summed E-state index contributed by atoms with van der Waals surface area (Å²) in [4.78, 5) is 16.7. The predicted molar refractivity (Wildman–Crippen MR) is 81.1 cm³/mol. The van der Waals surface area contributed by atoms with E-state index in [4.69, 9.17) is 5.73 Å². The highest BCUT2D eigenvalue weighted by Gasteiger charge is 2.20. The molecular formula is C14H18N2OS2. The highest BCUT2D eigenvalue weighted by molar-refractivity contribution is 7.10. The Bertz CT molecular complexity index is 457. The average molecular weight is 294 g/mol. The van der Waals surface area contributed by atoms with Crippen molar-refractivity contribution in [1.82, 2.24) is 4.90 Å². The third-order valence-electron chi connectivity index (χ3n) is 2.94. The number of hydrogen-bond acceptors (Lipinski definition) is 4. The van der Waals surface area contributed by atoms with Crippen molar-refractivity contribution in [3.05, 3.63) is 44.8 Å². The van der Waals surface area contributed by atoms with E-state index >= 15 is 0 Å². The molecular weight excluding hydrogens is 276 g/mol. The van der Waals surface area contributed by atoms with Crippen LogP contribution in [0.4, 0.5) is 0 Å². The van der Waals surface area contributed by atoms with Crippen LogP contribution in [0.5, 0.6) is 0 Å². The summed E-state index contributed by atoms with van der Waals surface area (Å²) in [5.41, 5.74) is 5.62. The molecule has 2 aromatic rings. The predicted octanol–water partition coefficient (Wildman–Crippen LogP) is 2.93. The Morgan fingerprint density at radius 2 is 1.74 bits per heavy atom. The van der Waals surface area contributed by atoms with Crippen molar-refractivity contribution < 1.29 is 4.79 Å². The summed E-state index contributed by atoms with van der Waals surface area (Å²) in [5.74, 6) is 0.00391. The molecule has 0 fully saturated rings. The van der Waals surface area contributed by atoms with Gasteiger partial charge in [0, 0.05) is 22.2 Å². The minimum absolute atomic E-state index is 0.125. The van der Waals surface area contributed by atoms with E-state index in [0.29, 0.717) is 19.6 Å². The van der Waals surface area contributed by atoms with Gasteiger partial charge in [-0.05, 0) is 22.9 Å². The van der Waals surface area contributed by atoms with Crippen LogP contribution in [-0.4, -0.2) is 17.4 Å². The van der Waals surface area contributed by atoms with Gasteiger partial charge in [-0.1, -0.05) is 19.1 Å². The van der Waals surface area contributed by atoms with Crippen LogP contribution in [-0.2, 0) is 17.9 Å². The molecule has 2 heterocycles. The molecule has 0 spiro atoms. The highest BCUT2D eigenvalue weighted by Crippen LogP contribution is 2.18. The summed E-state index contributed by atoms with van der Waals surface area (Å²) in [6, 6.07) is 8.15. The highest BCUT2D eigenvalue weighted by atomic mass is 32.1. The van der Waals surface area contributed by atoms with E-state index in [0.717, 1.165) is 0 Å². The summed E-state index contributed by atoms with van der Waals surface area (Å²) in [7, 11) is 0. The van der Waals surface area contributed by atoms with Crippen LogP contribution in [0, 0.1) is 5.92 Å². The lowest BCUT2D eigenvalue weighted by Gasteiger charge is -2.24. The lowest BCUT2D eigenvalue weighted by atomic mass is 10.1. The molecule has 2 aromatic heterocycles. The minimum Gasteiger partial charge on any atom is -0.332 e. The van der Waals surface area contributed by atoms with Crippen LogP contribution in [0.25, 0.3) is 0 Å². The molecule has 0 saturated heterocycles. The second kappa shape index (κ2) is 6.84. The zero-order valence-corrected chi connectivity index (χ0v) is 12.5. The molecule has 102 valence electrons. The molecule has 0 bridgehead atoms. The van der Waals surface area contributed by atoms with Gasteiger partial charge < -0.3 is 10.6 Å². The third kappa shape index (κ3) is 3.89. The number of nitrogens with zero attached hydrogens (tertiary/aromatic N) is 1. The minimum atomic E-state index is -0.125. The molecule has 0 saturated carbocycles. The van der Waals surface area contributed by atoms with E-state index in [1.165, 1.54) is 9.75 Å². The van der Waals surface area contributed by atoms with E-state index in [-0.39, 0.29) is 11.8 Å². The fourth-order valence-corrected chi connectivity index (χ4v) is 3.24.